The molecule has 5 nitrogen and oxygen atoms in total. The number of nitrogens with zero attached hydrogens (tertiary/aromatic N) is 3. The molecule has 6 rings (SSSR count). The number of fused-ring (bicyclic) bond motifs is 1. The SMILES string of the molecule is O=C(c1ccc(-c2cn(-c3ccc(F)cc3)nn2)cc1)c1c(-c2ccc(F)cc2)sc2cc(O)ccc12. The Morgan fingerprint density at radius 3 is 2.16 bits per heavy atom. The lowest BCUT2D eigenvalue weighted by molar-refractivity contribution is 0.104. The van der Waals surface area contributed by atoms with E-state index in [1.54, 1.807) is 77.6 Å². The number of hydrogen-bond donors (Lipinski definition) is 1. The first kappa shape index (κ1) is 22.8. The van der Waals surface area contributed by atoms with Crippen molar-refractivity contribution >= 4 is 27.2 Å². The van der Waals surface area contributed by atoms with Crippen molar-refractivity contribution in [2.75, 3.05) is 0 Å². The summed E-state index contributed by atoms with van der Waals surface area (Å²) < 4.78 is 29.1. The monoisotopic (exact) mass is 509 g/mol. The second-order valence-corrected chi connectivity index (χ2v) is 9.48. The highest BCUT2D eigenvalue weighted by atomic mass is 32.1. The van der Waals surface area contributed by atoms with Gasteiger partial charge in [-0.05, 0) is 60.2 Å². The van der Waals surface area contributed by atoms with Crippen molar-refractivity contribution < 1.29 is 18.7 Å². The number of aromatic hydroxyl groups is 1. The van der Waals surface area contributed by atoms with E-state index >= 15 is 0 Å². The number of rotatable bonds is 5. The molecule has 0 aliphatic heterocycles. The van der Waals surface area contributed by atoms with Crippen LogP contribution in [0.5, 0.6) is 5.75 Å². The zero-order chi connectivity index (χ0) is 25.5. The number of benzene rings is 4. The van der Waals surface area contributed by atoms with Gasteiger partial charge >= 0.3 is 0 Å². The lowest BCUT2D eigenvalue weighted by atomic mass is 9.96. The Morgan fingerprint density at radius 2 is 1.46 bits per heavy atom. The van der Waals surface area contributed by atoms with E-state index in [0.29, 0.717) is 27.4 Å². The summed E-state index contributed by atoms with van der Waals surface area (Å²) in [6.45, 7) is 0. The van der Waals surface area contributed by atoms with Crippen molar-refractivity contribution in [3.8, 4) is 33.1 Å². The standard InChI is InChI=1S/C29H17F2N3O2S/c30-20-7-5-19(6-8-20)29-27(24-14-13-23(35)15-26(24)37-29)28(36)18-3-1-17(2-4-18)25-16-34(33-32-25)22-11-9-21(31)10-12-22/h1-16,35H. The van der Waals surface area contributed by atoms with E-state index in [0.717, 1.165) is 21.2 Å². The number of carbonyl (C=O) groups excluding carboxylic acids is 1. The highest BCUT2D eigenvalue weighted by molar-refractivity contribution is 7.22. The van der Waals surface area contributed by atoms with Crippen molar-refractivity contribution in [1.29, 1.82) is 0 Å². The fourth-order valence-corrected chi connectivity index (χ4v) is 5.41. The average molecular weight is 510 g/mol. The molecule has 0 radical (unpaired) electrons. The number of hydrogen-bond acceptors (Lipinski definition) is 5. The number of phenolic OH excluding ortho intramolecular Hbond substituents is 1. The zero-order valence-corrected chi connectivity index (χ0v) is 19.9. The first-order valence-electron chi connectivity index (χ1n) is 11.3. The zero-order valence-electron chi connectivity index (χ0n) is 19.1. The molecule has 0 saturated heterocycles. The fraction of sp³-hybridized carbons (Fsp3) is 0. The van der Waals surface area contributed by atoms with Gasteiger partial charge in [-0.25, -0.2) is 13.5 Å². The molecular weight excluding hydrogens is 492 g/mol. The molecule has 0 bridgehead atoms. The Kier molecular flexibility index (Phi) is 5.58. The molecule has 0 atom stereocenters. The largest absolute Gasteiger partial charge is 0.508 e. The first-order chi connectivity index (χ1) is 18.0. The molecule has 2 aromatic heterocycles. The minimum Gasteiger partial charge on any atom is -0.508 e. The maximum absolute atomic E-state index is 13.7. The topological polar surface area (TPSA) is 68.0 Å². The van der Waals surface area contributed by atoms with Crippen LogP contribution in [0.15, 0.2) is 97.2 Å². The Hall–Kier alpha value is -4.69. The van der Waals surface area contributed by atoms with Crippen molar-refractivity contribution in [1.82, 2.24) is 15.0 Å². The van der Waals surface area contributed by atoms with Gasteiger partial charge in [0.1, 0.15) is 23.1 Å². The molecular formula is C29H17F2N3O2S. The Bertz CT molecular complexity index is 1760. The van der Waals surface area contributed by atoms with Crippen LogP contribution in [0.25, 0.3) is 37.5 Å². The van der Waals surface area contributed by atoms with Crippen molar-refractivity contribution in [3.05, 3.63) is 120 Å². The number of aromatic nitrogens is 3. The number of carbonyl (C=O) groups is 1. The van der Waals surface area contributed by atoms with Gasteiger partial charge in [-0.1, -0.05) is 41.6 Å². The Balaban J connectivity index is 1.36. The van der Waals surface area contributed by atoms with E-state index in [1.807, 2.05) is 0 Å². The molecule has 2 heterocycles. The van der Waals surface area contributed by atoms with Crippen LogP contribution in [0.2, 0.25) is 0 Å². The molecule has 0 spiro atoms. The van der Waals surface area contributed by atoms with E-state index < -0.39 is 0 Å². The number of phenols is 1. The molecule has 37 heavy (non-hydrogen) atoms. The van der Waals surface area contributed by atoms with Gasteiger partial charge in [0.25, 0.3) is 0 Å². The molecule has 0 saturated carbocycles. The van der Waals surface area contributed by atoms with E-state index in [-0.39, 0.29) is 23.2 Å². The predicted octanol–water partition coefficient (Wildman–Crippen LogP) is 7.03. The predicted molar refractivity (Wildman–Crippen MR) is 139 cm³/mol. The lowest BCUT2D eigenvalue weighted by Gasteiger charge is -2.06. The van der Waals surface area contributed by atoms with Gasteiger partial charge in [-0.3, -0.25) is 4.79 Å². The van der Waals surface area contributed by atoms with Crippen molar-refractivity contribution in [2.45, 2.75) is 0 Å². The van der Waals surface area contributed by atoms with Gasteiger partial charge in [-0.15, -0.1) is 16.4 Å². The van der Waals surface area contributed by atoms with Crippen LogP contribution in [-0.4, -0.2) is 25.9 Å². The summed E-state index contributed by atoms with van der Waals surface area (Å²) in [7, 11) is 0. The van der Waals surface area contributed by atoms with E-state index in [9.17, 15) is 18.7 Å². The molecule has 4 aromatic carbocycles. The third-order valence-corrected chi connectivity index (χ3v) is 7.24. The number of halogens is 2. The third-order valence-electron chi connectivity index (χ3n) is 6.03. The van der Waals surface area contributed by atoms with E-state index in [1.165, 1.54) is 35.6 Å². The fourth-order valence-electron chi connectivity index (χ4n) is 4.17. The summed E-state index contributed by atoms with van der Waals surface area (Å²) in [4.78, 5) is 14.4. The maximum atomic E-state index is 13.7. The second kappa shape index (κ2) is 9.07. The summed E-state index contributed by atoms with van der Waals surface area (Å²) in [5, 5.41) is 19.0. The highest BCUT2D eigenvalue weighted by Crippen LogP contribution is 2.41. The van der Waals surface area contributed by atoms with Crippen molar-refractivity contribution in [3.63, 3.8) is 0 Å². The third kappa shape index (κ3) is 4.28. The van der Waals surface area contributed by atoms with E-state index in [4.69, 9.17) is 0 Å². The smallest absolute Gasteiger partial charge is 0.195 e. The normalized spacial score (nSPS) is 11.2. The molecule has 180 valence electrons. The molecule has 6 aromatic rings. The van der Waals surface area contributed by atoms with Crippen molar-refractivity contribution in [2.24, 2.45) is 0 Å². The number of ketones is 1. The Labute approximate surface area is 213 Å². The van der Waals surface area contributed by atoms with Gasteiger partial charge in [0.05, 0.1) is 11.9 Å². The summed E-state index contributed by atoms with van der Waals surface area (Å²) in [6.07, 6.45) is 1.73. The molecule has 8 heteroatoms. The van der Waals surface area contributed by atoms with Gasteiger partial charge in [0, 0.05) is 31.7 Å². The van der Waals surface area contributed by atoms with Gasteiger partial charge in [0.2, 0.25) is 0 Å². The van der Waals surface area contributed by atoms with Crippen LogP contribution < -0.4 is 0 Å². The van der Waals surface area contributed by atoms with Crippen LogP contribution >= 0.6 is 11.3 Å². The summed E-state index contributed by atoms with van der Waals surface area (Å²) in [6, 6.07) is 23.9. The Morgan fingerprint density at radius 1 is 0.811 bits per heavy atom. The summed E-state index contributed by atoms with van der Waals surface area (Å²) in [5.41, 5.74) is 3.75. The van der Waals surface area contributed by atoms with Crippen LogP contribution in [0.4, 0.5) is 8.78 Å². The van der Waals surface area contributed by atoms with E-state index in [2.05, 4.69) is 10.3 Å². The van der Waals surface area contributed by atoms with Crippen LogP contribution in [0.3, 0.4) is 0 Å². The molecule has 0 aliphatic carbocycles. The van der Waals surface area contributed by atoms with Crippen LogP contribution in [0, 0.1) is 11.6 Å². The number of thiophene rings is 1. The van der Waals surface area contributed by atoms with Crippen LogP contribution in [0.1, 0.15) is 15.9 Å². The van der Waals surface area contributed by atoms with Gasteiger partial charge in [-0.2, -0.15) is 0 Å². The highest BCUT2D eigenvalue weighted by Gasteiger charge is 2.22. The summed E-state index contributed by atoms with van der Waals surface area (Å²) in [5.74, 6) is -0.765. The second-order valence-electron chi connectivity index (χ2n) is 8.42. The summed E-state index contributed by atoms with van der Waals surface area (Å²) >= 11 is 1.37. The molecule has 0 fully saturated rings. The average Bonchev–Trinajstić information content (AvgIpc) is 3.55. The van der Waals surface area contributed by atoms with Gasteiger partial charge < -0.3 is 5.11 Å². The first-order valence-corrected chi connectivity index (χ1v) is 12.1. The minimum atomic E-state index is -0.359. The molecule has 1 N–H and O–H groups in total. The lowest BCUT2D eigenvalue weighted by Crippen LogP contribution is -2.02. The van der Waals surface area contributed by atoms with Crippen LogP contribution in [-0.2, 0) is 0 Å². The molecule has 0 amide bonds. The quantitative estimate of drug-likeness (QED) is 0.253. The van der Waals surface area contributed by atoms with Gasteiger partial charge in [0.15, 0.2) is 5.78 Å². The minimum absolute atomic E-state index is 0.108. The maximum Gasteiger partial charge on any atom is 0.195 e. The molecule has 0 aliphatic rings. The molecule has 0 unspecified atom stereocenters.